The van der Waals surface area contributed by atoms with Gasteiger partial charge in [0.25, 0.3) is 5.91 Å². The molecule has 21 heavy (non-hydrogen) atoms. The molecule has 0 fully saturated rings. The predicted molar refractivity (Wildman–Crippen MR) is 82.7 cm³/mol. The number of ether oxygens (including phenoxy) is 1. The molecule has 0 radical (unpaired) electrons. The van der Waals surface area contributed by atoms with Crippen molar-refractivity contribution in [3.63, 3.8) is 0 Å². The van der Waals surface area contributed by atoms with Gasteiger partial charge in [0.05, 0.1) is 0 Å². The highest BCUT2D eigenvalue weighted by Crippen LogP contribution is 2.10. The standard InChI is InChI=1S/C16H24N2O3/c1-4-18(5-2)16(20)12(3)21-15(19)10-9-13-7-6-8-14(17)11-13/h6-8,11-12H,4-5,9-10,17H2,1-3H3. The van der Waals surface area contributed by atoms with E-state index in [0.29, 0.717) is 25.2 Å². The molecule has 0 saturated carbocycles. The number of rotatable bonds is 7. The number of nitrogens with zero attached hydrogens (tertiary/aromatic N) is 1. The first kappa shape index (κ1) is 17.0. The molecule has 0 spiro atoms. The summed E-state index contributed by atoms with van der Waals surface area (Å²) in [4.78, 5) is 25.4. The third kappa shape index (κ3) is 5.45. The monoisotopic (exact) mass is 292 g/mol. The summed E-state index contributed by atoms with van der Waals surface area (Å²) < 4.78 is 5.19. The van der Waals surface area contributed by atoms with Gasteiger partial charge in [0.15, 0.2) is 6.10 Å². The molecule has 0 aliphatic carbocycles. The van der Waals surface area contributed by atoms with Gasteiger partial charge in [-0.15, -0.1) is 0 Å². The molecule has 0 aromatic heterocycles. The first-order valence-electron chi connectivity index (χ1n) is 7.30. The molecular weight excluding hydrogens is 268 g/mol. The fraction of sp³-hybridized carbons (Fsp3) is 0.500. The minimum atomic E-state index is -0.738. The van der Waals surface area contributed by atoms with E-state index >= 15 is 0 Å². The van der Waals surface area contributed by atoms with Crippen LogP contribution in [0, 0.1) is 0 Å². The van der Waals surface area contributed by atoms with Crippen LogP contribution >= 0.6 is 0 Å². The zero-order valence-electron chi connectivity index (χ0n) is 13.0. The van der Waals surface area contributed by atoms with Gasteiger partial charge in [-0.25, -0.2) is 0 Å². The number of likely N-dealkylation sites (N-methyl/N-ethyl adjacent to an activating group) is 1. The van der Waals surface area contributed by atoms with Crippen LogP contribution in [0.4, 0.5) is 5.69 Å². The SMILES string of the molecule is CCN(CC)C(=O)C(C)OC(=O)CCc1cccc(N)c1. The van der Waals surface area contributed by atoms with Gasteiger partial charge in [-0.2, -0.15) is 0 Å². The van der Waals surface area contributed by atoms with Gasteiger partial charge in [0.2, 0.25) is 0 Å². The molecule has 1 atom stereocenters. The van der Waals surface area contributed by atoms with Crippen molar-refractivity contribution in [1.82, 2.24) is 4.90 Å². The average Bonchev–Trinajstić information content (AvgIpc) is 2.46. The maximum Gasteiger partial charge on any atom is 0.306 e. The van der Waals surface area contributed by atoms with Crippen molar-refractivity contribution in [2.75, 3.05) is 18.8 Å². The van der Waals surface area contributed by atoms with Crippen LogP contribution in [0.5, 0.6) is 0 Å². The quantitative estimate of drug-likeness (QED) is 0.616. The summed E-state index contributed by atoms with van der Waals surface area (Å²) in [6, 6.07) is 7.39. The van der Waals surface area contributed by atoms with E-state index in [9.17, 15) is 9.59 Å². The van der Waals surface area contributed by atoms with Gasteiger partial charge in [0, 0.05) is 25.2 Å². The molecule has 1 aromatic carbocycles. The molecule has 0 aliphatic rings. The largest absolute Gasteiger partial charge is 0.453 e. The molecule has 1 amide bonds. The Labute approximate surface area is 126 Å². The normalized spacial score (nSPS) is 11.8. The van der Waals surface area contributed by atoms with Crippen LogP contribution in [-0.4, -0.2) is 36.0 Å². The number of aryl methyl sites for hydroxylation is 1. The van der Waals surface area contributed by atoms with E-state index in [0.717, 1.165) is 5.56 Å². The highest BCUT2D eigenvalue weighted by Gasteiger charge is 2.21. The number of hydrogen-bond donors (Lipinski definition) is 1. The summed E-state index contributed by atoms with van der Waals surface area (Å²) in [5, 5.41) is 0. The Kier molecular flexibility index (Phi) is 6.72. The summed E-state index contributed by atoms with van der Waals surface area (Å²) in [5.41, 5.74) is 7.34. The molecule has 0 aliphatic heterocycles. The van der Waals surface area contributed by atoms with Crippen molar-refractivity contribution in [3.8, 4) is 0 Å². The van der Waals surface area contributed by atoms with Crippen LogP contribution in [0.1, 0.15) is 32.8 Å². The van der Waals surface area contributed by atoms with Crippen molar-refractivity contribution >= 4 is 17.6 Å². The van der Waals surface area contributed by atoms with Crippen LogP contribution in [0.2, 0.25) is 0 Å². The fourth-order valence-corrected chi connectivity index (χ4v) is 2.09. The van der Waals surface area contributed by atoms with E-state index in [2.05, 4.69) is 0 Å². The minimum absolute atomic E-state index is 0.155. The number of amides is 1. The lowest BCUT2D eigenvalue weighted by atomic mass is 10.1. The van der Waals surface area contributed by atoms with Crippen LogP contribution < -0.4 is 5.73 Å². The van der Waals surface area contributed by atoms with Gasteiger partial charge in [0.1, 0.15) is 0 Å². The summed E-state index contributed by atoms with van der Waals surface area (Å²) in [7, 11) is 0. The number of benzene rings is 1. The van der Waals surface area contributed by atoms with Crippen molar-refractivity contribution in [1.29, 1.82) is 0 Å². The first-order chi connectivity index (χ1) is 9.97. The average molecular weight is 292 g/mol. The lowest BCUT2D eigenvalue weighted by molar-refractivity contribution is -0.158. The first-order valence-corrected chi connectivity index (χ1v) is 7.30. The zero-order valence-corrected chi connectivity index (χ0v) is 13.0. The maximum absolute atomic E-state index is 12.0. The van der Waals surface area contributed by atoms with Crippen LogP contribution in [0.15, 0.2) is 24.3 Å². The fourth-order valence-electron chi connectivity index (χ4n) is 2.09. The van der Waals surface area contributed by atoms with Crippen LogP contribution in [0.3, 0.4) is 0 Å². The molecule has 2 N–H and O–H groups in total. The molecule has 0 bridgehead atoms. The molecule has 0 saturated heterocycles. The number of nitrogens with two attached hydrogens (primary N) is 1. The second-order valence-corrected chi connectivity index (χ2v) is 4.89. The third-order valence-electron chi connectivity index (χ3n) is 3.30. The Morgan fingerprint density at radius 2 is 1.95 bits per heavy atom. The summed E-state index contributed by atoms with van der Waals surface area (Å²) in [6.07, 6.45) is 0.0493. The van der Waals surface area contributed by atoms with Crippen LogP contribution in [0.25, 0.3) is 0 Å². The van der Waals surface area contributed by atoms with Gasteiger partial charge >= 0.3 is 5.97 Å². The van der Waals surface area contributed by atoms with E-state index in [1.165, 1.54) is 0 Å². The predicted octanol–water partition coefficient (Wildman–Crippen LogP) is 2.00. The Bertz CT molecular complexity index is 484. The third-order valence-corrected chi connectivity index (χ3v) is 3.30. The van der Waals surface area contributed by atoms with E-state index in [1.54, 1.807) is 17.9 Å². The number of carbonyl (C=O) groups excluding carboxylic acids is 2. The Morgan fingerprint density at radius 1 is 1.29 bits per heavy atom. The Hall–Kier alpha value is -2.04. The maximum atomic E-state index is 12.0. The summed E-state index contributed by atoms with van der Waals surface area (Å²) in [6.45, 7) is 6.63. The van der Waals surface area contributed by atoms with E-state index in [1.807, 2.05) is 32.0 Å². The van der Waals surface area contributed by atoms with E-state index in [4.69, 9.17) is 10.5 Å². The molecule has 5 nitrogen and oxygen atoms in total. The Morgan fingerprint density at radius 3 is 2.52 bits per heavy atom. The second-order valence-electron chi connectivity index (χ2n) is 4.89. The number of carbonyl (C=O) groups is 2. The highest BCUT2D eigenvalue weighted by atomic mass is 16.5. The minimum Gasteiger partial charge on any atom is -0.453 e. The second kappa shape index (κ2) is 8.29. The van der Waals surface area contributed by atoms with Crippen molar-refractivity contribution < 1.29 is 14.3 Å². The molecule has 1 aromatic rings. The number of anilines is 1. The number of esters is 1. The van der Waals surface area contributed by atoms with Gasteiger partial charge in [-0.1, -0.05) is 12.1 Å². The molecule has 1 rings (SSSR count). The molecule has 116 valence electrons. The van der Waals surface area contributed by atoms with Crippen LogP contribution in [-0.2, 0) is 20.7 Å². The van der Waals surface area contributed by atoms with Gasteiger partial charge in [-0.3, -0.25) is 9.59 Å². The van der Waals surface area contributed by atoms with E-state index in [-0.39, 0.29) is 18.3 Å². The van der Waals surface area contributed by atoms with Crippen molar-refractivity contribution in [2.45, 2.75) is 39.7 Å². The molecule has 0 heterocycles. The Balaban J connectivity index is 2.44. The smallest absolute Gasteiger partial charge is 0.306 e. The highest BCUT2D eigenvalue weighted by molar-refractivity contribution is 5.83. The number of hydrogen-bond acceptors (Lipinski definition) is 4. The zero-order chi connectivity index (χ0) is 15.8. The van der Waals surface area contributed by atoms with E-state index < -0.39 is 6.10 Å². The molecule has 5 heteroatoms. The number of nitrogen functional groups attached to an aromatic ring is 1. The topological polar surface area (TPSA) is 72.6 Å². The lowest BCUT2D eigenvalue weighted by Crippen LogP contribution is -2.39. The molecular formula is C16H24N2O3. The lowest BCUT2D eigenvalue weighted by Gasteiger charge is -2.22. The summed E-state index contributed by atoms with van der Waals surface area (Å²) in [5.74, 6) is -0.525. The molecule has 1 unspecified atom stereocenters. The van der Waals surface area contributed by atoms with Gasteiger partial charge in [-0.05, 0) is 44.9 Å². The van der Waals surface area contributed by atoms with Gasteiger partial charge < -0.3 is 15.4 Å². The van der Waals surface area contributed by atoms with Crippen molar-refractivity contribution in [3.05, 3.63) is 29.8 Å². The summed E-state index contributed by atoms with van der Waals surface area (Å²) >= 11 is 0. The van der Waals surface area contributed by atoms with Crippen molar-refractivity contribution in [2.24, 2.45) is 0 Å².